The molecule has 0 saturated heterocycles. The molecule has 9 heteroatoms. The summed E-state index contributed by atoms with van der Waals surface area (Å²) >= 11 is 0. The number of imidazole rings is 1. The molecule has 0 saturated carbocycles. The minimum atomic E-state index is -0.910. The molecular weight excluding hydrogens is 258 g/mol. The fourth-order valence-corrected chi connectivity index (χ4v) is 1.49. The zero-order valence-electron chi connectivity index (χ0n) is 9.27. The number of nitrogens with zero attached hydrogens (tertiary/aromatic N) is 6. The lowest BCUT2D eigenvalue weighted by Crippen LogP contribution is -1.99. The maximum absolute atomic E-state index is 13.8. The third kappa shape index (κ3) is 2.50. The van der Waals surface area contributed by atoms with Gasteiger partial charge in [-0.2, -0.15) is 0 Å². The summed E-state index contributed by atoms with van der Waals surface area (Å²) in [6.07, 6.45) is 3.45. The molecule has 0 spiro atoms. The quantitative estimate of drug-likeness (QED) is 0.230. The van der Waals surface area contributed by atoms with Crippen LogP contribution in [0.1, 0.15) is 5.69 Å². The van der Waals surface area contributed by atoms with Gasteiger partial charge in [0.25, 0.3) is 0 Å². The van der Waals surface area contributed by atoms with Crippen LogP contribution >= 0.6 is 0 Å². The second-order valence-corrected chi connectivity index (χ2v) is 3.40. The standard InChI is InChI=1S/C10H6F2N6O/c11-8-1-6(16-17-13)2-9(12)10(8)18-4-7(3-15-19)14-5-18/h1-5,19H. The van der Waals surface area contributed by atoms with Crippen LogP contribution in [0.25, 0.3) is 16.1 Å². The molecule has 1 N–H and O–H groups in total. The minimum absolute atomic E-state index is 0.168. The summed E-state index contributed by atoms with van der Waals surface area (Å²) in [4.78, 5) is 6.21. The topological polar surface area (TPSA) is 99.2 Å². The Bertz CT molecular complexity index is 666. The van der Waals surface area contributed by atoms with Crippen LogP contribution in [-0.2, 0) is 0 Å². The number of hydrogen-bond acceptors (Lipinski definition) is 4. The molecule has 7 nitrogen and oxygen atoms in total. The predicted octanol–water partition coefficient (Wildman–Crippen LogP) is 2.90. The van der Waals surface area contributed by atoms with Crippen molar-refractivity contribution < 1.29 is 14.0 Å². The van der Waals surface area contributed by atoms with Crippen molar-refractivity contribution in [1.29, 1.82) is 0 Å². The molecule has 96 valence electrons. The first-order valence-electron chi connectivity index (χ1n) is 4.91. The van der Waals surface area contributed by atoms with E-state index in [-0.39, 0.29) is 17.1 Å². The molecule has 1 aromatic heterocycles. The Labute approximate surface area is 105 Å². The lowest BCUT2D eigenvalue weighted by molar-refractivity contribution is 0.321. The normalized spacial score (nSPS) is 10.6. The number of oxime groups is 1. The molecule has 1 aromatic carbocycles. The van der Waals surface area contributed by atoms with Gasteiger partial charge in [0.1, 0.15) is 17.7 Å². The molecule has 2 rings (SSSR count). The minimum Gasteiger partial charge on any atom is -0.411 e. The first kappa shape index (κ1) is 12.5. The Hall–Kier alpha value is -2.93. The lowest BCUT2D eigenvalue weighted by atomic mass is 10.2. The number of azide groups is 1. The van der Waals surface area contributed by atoms with E-state index in [1.54, 1.807) is 0 Å². The summed E-state index contributed by atoms with van der Waals surface area (Å²) in [5, 5.41) is 14.2. The molecular formula is C10H6F2N6O. The first-order chi connectivity index (χ1) is 9.15. The summed E-state index contributed by atoms with van der Waals surface area (Å²) in [7, 11) is 0. The fraction of sp³-hybridized carbons (Fsp3) is 0. The van der Waals surface area contributed by atoms with Gasteiger partial charge >= 0.3 is 0 Å². The molecule has 0 unspecified atom stereocenters. The van der Waals surface area contributed by atoms with Gasteiger partial charge in [0.2, 0.25) is 0 Å². The van der Waals surface area contributed by atoms with E-state index in [4.69, 9.17) is 10.7 Å². The van der Waals surface area contributed by atoms with E-state index < -0.39 is 11.6 Å². The third-order valence-electron chi connectivity index (χ3n) is 2.21. The van der Waals surface area contributed by atoms with E-state index >= 15 is 0 Å². The van der Waals surface area contributed by atoms with Crippen LogP contribution < -0.4 is 0 Å². The SMILES string of the molecule is [N-]=[N+]=Nc1cc(F)c(-n2cnc(C=NO)c2)c(F)c1. The Morgan fingerprint density at radius 3 is 2.63 bits per heavy atom. The Kier molecular flexibility index (Phi) is 3.39. The van der Waals surface area contributed by atoms with Crippen molar-refractivity contribution in [2.75, 3.05) is 0 Å². The number of hydrogen-bond donors (Lipinski definition) is 1. The van der Waals surface area contributed by atoms with E-state index in [0.717, 1.165) is 29.2 Å². The van der Waals surface area contributed by atoms with Crippen LogP contribution in [0.2, 0.25) is 0 Å². The van der Waals surface area contributed by atoms with Gasteiger partial charge in [0.05, 0.1) is 6.21 Å². The van der Waals surface area contributed by atoms with E-state index in [2.05, 4.69) is 20.2 Å². The van der Waals surface area contributed by atoms with Gasteiger partial charge in [-0.3, -0.25) is 0 Å². The highest BCUT2D eigenvalue weighted by Gasteiger charge is 2.13. The summed E-state index contributed by atoms with van der Waals surface area (Å²) in [5.74, 6) is -1.82. The number of rotatable bonds is 3. The monoisotopic (exact) mass is 264 g/mol. The third-order valence-corrected chi connectivity index (χ3v) is 2.21. The molecule has 0 aliphatic rings. The van der Waals surface area contributed by atoms with Crippen molar-refractivity contribution in [3.63, 3.8) is 0 Å². The molecule has 0 radical (unpaired) electrons. The zero-order chi connectivity index (χ0) is 13.8. The highest BCUT2D eigenvalue weighted by atomic mass is 19.1. The maximum Gasteiger partial charge on any atom is 0.150 e. The van der Waals surface area contributed by atoms with Gasteiger partial charge in [-0.15, -0.1) is 0 Å². The Morgan fingerprint density at radius 2 is 2.05 bits per heavy atom. The van der Waals surface area contributed by atoms with Gasteiger partial charge in [0.15, 0.2) is 11.6 Å². The molecule has 1 heterocycles. The van der Waals surface area contributed by atoms with E-state index in [1.165, 1.54) is 6.20 Å². The highest BCUT2D eigenvalue weighted by molar-refractivity contribution is 5.76. The summed E-state index contributed by atoms with van der Waals surface area (Å²) in [6.45, 7) is 0. The predicted molar refractivity (Wildman–Crippen MR) is 61.7 cm³/mol. The van der Waals surface area contributed by atoms with Crippen LogP contribution in [0.15, 0.2) is 34.9 Å². The second-order valence-electron chi connectivity index (χ2n) is 3.40. The summed E-state index contributed by atoms with van der Waals surface area (Å²) < 4.78 is 28.6. The van der Waals surface area contributed by atoms with Crippen LogP contribution in [0.3, 0.4) is 0 Å². The Balaban J connectivity index is 2.52. The van der Waals surface area contributed by atoms with Crippen molar-refractivity contribution in [2.45, 2.75) is 0 Å². The first-order valence-corrected chi connectivity index (χ1v) is 4.91. The number of benzene rings is 1. The molecule has 2 aromatic rings. The molecule has 0 bridgehead atoms. The highest BCUT2D eigenvalue weighted by Crippen LogP contribution is 2.24. The van der Waals surface area contributed by atoms with Gasteiger partial charge in [-0.05, 0) is 17.7 Å². The maximum atomic E-state index is 13.8. The average Bonchev–Trinajstić information content (AvgIpc) is 2.77. The second kappa shape index (κ2) is 5.15. The van der Waals surface area contributed by atoms with Crippen LogP contribution in [0.5, 0.6) is 0 Å². The molecule has 0 aliphatic heterocycles. The fourth-order valence-electron chi connectivity index (χ4n) is 1.49. The molecule has 0 aliphatic carbocycles. The smallest absolute Gasteiger partial charge is 0.150 e. The number of halogens is 2. The van der Waals surface area contributed by atoms with Crippen molar-refractivity contribution >= 4 is 11.9 Å². The zero-order valence-corrected chi connectivity index (χ0v) is 9.27. The van der Waals surface area contributed by atoms with Crippen molar-refractivity contribution in [3.8, 4) is 5.69 Å². The average molecular weight is 264 g/mol. The van der Waals surface area contributed by atoms with Crippen LogP contribution in [0, 0.1) is 11.6 Å². The molecule has 19 heavy (non-hydrogen) atoms. The van der Waals surface area contributed by atoms with Crippen molar-refractivity contribution in [1.82, 2.24) is 9.55 Å². The van der Waals surface area contributed by atoms with Crippen molar-refractivity contribution in [3.05, 3.63) is 52.4 Å². The van der Waals surface area contributed by atoms with E-state index in [1.807, 2.05) is 0 Å². The summed E-state index contributed by atoms with van der Waals surface area (Å²) in [5.41, 5.74) is 7.89. The van der Waals surface area contributed by atoms with Gasteiger partial charge in [-0.25, -0.2) is 13.8 Å². The van der Waals surface area contributed by atoms with Gasteiger partial charge in [0, 0.05) is 16.8 Å². The van der Waals surface area contributed by atoms with E-state index in [0.29, 0.717) is 0 Å². The molecule has 0 fully saturated rings. The molecule has 0 amide bonds. The van der Waals surface area contributed by atoms with Crippen molar-refractivity contribution in [2.24, 2.45) is 10.3 Å². The summed E-state index contributed by atoms with van der Waals surface area (Å²) in [6, 6.07) is 1.80. The largest absolute Gasteiger partial charge is 0.411 e. The van der Waals surface area contributed by atoms with E-state index in [9.17, 15) is 8.78 Å². The van der Waals surface area contributed by atoms with Gasteiger partial charge in [-0.1, -0.05) is 10.3 Å². The molecule has 0 atom stereocenters. The lowest BCUT2D eigenvalue weighted by Gasteiger charge is -2.06. The van der Waals surface area contributed by atoms with Crippen LogP contribution in [0.4, 0.5) is 14.5 Å². The number of aromatic nitrogens is 2. The van der Waals surface area contributed by atoms with Gasteiger partial charge < -0.3 is 9.77 Å². The van der Waals surface area contributed by atoms with Crippen LogP contribution in [-0.4, -0.2) is 21.0 Å². The Morgan fingerprint density at radius 1 is 1.37 bits per heavy atom.